The fraction of sp³-hybridized carbons (Fsp3) is 0.714. The molecule has 0 bridgehead atoms. The minimum atomic E-state index is -1.14. The molecule has 0 saturated heterocycles. The number of rotatable bonds is 4. The summed E-state index contributed by atoms with van der Waals surface area (Å²) < 4.78 is 5.55. The van der Waals surface area contributed by atoms with Crippen LogP contribution in [0.25, 0.3) is 0 Å². The molecule has 1 fully saturated rings. The number of hydrogen-bond donors (Lipinski definition) is 1. The number of carboxylic acids is 1. The highest BCUT2D eigenvalue weighted by molar-refractivity contribution is 5.90. The van der Waals surface area contributed by atoms with E-state index in [4.69, 9.17) is 9.84 Å². The van der Waals surface area contributed by atoms with Crippen LogP contribution in [0.1, 0.15) is 46.5 Å². The van der Waals surface area contributed by atoms with Gasteiger partial charge < -0.3 is 9.84 Å². The van der Waals surface area contributed by atoms with E-state index in [1.165, 1.54) is 0 Å². The lowest BCUT2D eigenvalue weighted by molar-refractivity contribution is -0.164. The van der Waals surface area contributed by atoms with Crippen molar-refractivity contribution >= 4 is 11.9 Å². The quantitative estimate of drug-likeness (QED) is 0.619. The molecule has 0 aromatic heterocycles. The number of hydrogen-bond acceptors (Lipinski definition) is 3. The molecule has 0 radical (unpaired) electrons. The van der Waals surface area contributed by atoms with Gasteiger partial charge in [0.1, 0.15) is 5.60 Å². The molecule has 1 aliphatic rings. The Morgan fingerprint density at radius 2 is 1.83 bits per heavy atom. The first-order chi connectivity index (χ1) is 8.35. The van der Waals surface area contributed by atoms with Crippen LogP contribution < -0.4 is 0 Å². The van der Waals surface area contributed by atoms with Gasteiger partial charge in [0.05, 0.1) is 0 Å². The van der Waals surface area contributed by atoms with Crippen LogP contribution in [0.5, 0.6) is 0 Å². The van der Waals surface area contributed by atoms with Gasteiger partial charge in [-0.05, 0) is 37.5 Å². The summed E-state index contributed by atoms with van der Waals surface area (Å²) in [5.41, 5.74) is -0.424. The molecule has 4 nitrogen and oxygen atoms in total. The molecule has 0 aromatic carbocycles. The summed E-state index contributed by atoms with van der Waals surface area (Å²) in [4.78, 5) is 22.0. The standard InChI is InChI=1S/C14H22O4/c1-10(2)14(8-6-11(3)7-9-14)18-13(17)5-4-12(15)16/h4-5,10-11H,6-9H2,1-3H3,(H,15,16). The number of ether oxygens (including phenoxy) is 1. The molecule has 0 atom stereocenters. The zero-order chi connectivity index (χ0) is 13.8. The van der Waals surface area contributed by atoms with Gasteiger partial charge in [-0.3, -0.25) is 0 Å². The normalized spacial score (nSPS) is 28.6. The van der Waals surface area contributed by atoms with E-state index in [-0.39, 0.29) is 5.92 Å². The molecule has 0 aliphatic heterocycles. The van der Waals surface area contributed by atoms with Gasteiger partial charge in [0.2, 0.25) is 0 Å². The van der Waals surface area contributed by atoms with E-state index < -0.39 is 17.5 Å². The van der Waals surface area contributed by atoms with Crippen LogP contribution in [0.15, 0.2) is 12.2 Å². The van der Waals surface area contributed by atoms with Crippen molar-refractivity contribution in [1.82, 2.24) is 0 Å². The van der Waals surface area contributed by atoms with E-state index in [9.17, 15) is 9.59 Å². The number of carboxylic acid groups (broad SMARTS) is 1. The Morgan fingerprint density at radius 3 is 2.28 bits per heavy atom. The third-order valence-electron chi connectivity index (χ3n) is 3.84. The summed E-state index contributed by atoms with van der Waals surface area (Å²) >= 11 is 0. The Labute approximate surface area is 108 Å². The maximum Gasteiger partial charge on any atom is 0.331 e. The largest absolute Gasteiger partial charge is 0.478 e. The fourth-order valence-electron chi connectivity index (χ4n) is 2.42. The lowest BCUT2D eigenvalue weighted by Crippen LogP contribution is -2.43. The van der Waals surface area contributed by atoms with Gasteiger partial charge in [-0.1, -0.05) is 20.8 Å². The first-order valence-electron chi connectivity index (χ1n) is 6.50. The SMILES string of the molecule is CC1CCC(OC(=O)C=CC(=O)O)(C(C)C)CC1. The molecule has 1 rings (SSSR count). The molecule has 0 aromatic rings. The van der Waals surface area contributed by atoms with Gasteiger partial charge in [-0.15, -0.1) is 0 Å². The maximum atomic E-state index is 11.6. The predicted molar refractivity (Wildman–Crippen MR) is 68.1 cm³/mol. The average molecular weight is 254 g/mol. The summed E-state index contributed by atoms with van der Waals surface area (Å²) in [6, 6.07) is 0. The van der Waals surface area contributed by atoms with Crippen LogP contribution in [0.2, 0.25) is 0 Å². The molecule has 18 heavy (non-hydrogen) atoms. The van der Waals surface area contributed by atoms with E-state index in [0.29, 0.717) is 5.92 Å². The zero-order valence-corrected chi connectivity index (χ0v) is 11.3. The fourth-order valence-corrected chi connectivity index (χ4v) is 2.42. The summed E-state index contributed by atoms with van der Waals surface area (Å²) in [7, 11) is 0. The molecular formula is C14H22O4. The number of carbonyl (C=O) groups is 2. The number of carbonyl (C=O) groups excluding carboxylic acids is 1. The summed E-state index contributed by atoms with van der Waals surface area (Å²) in [5.74, 6) is -0.777. The molecule has 102 valence electrons. The monoisotopic (exact) mass is 254 g/mol. The van der Waals surface area contributed by atoms with Crippen molar-refractivity contribution in [3.8, 4) is 0 Å². The van der Waals surface area contributed by atoms with E-state index in [0.717, 1.165) is 37.8 Å². The highest BCUT2D eigenvalue weighted by Gasteiger charge is 2.40. The van der Waals surface area contributed by atoms with E-state index in [1.54, 1.807) is 0 Å². The zero-order valence-electron chi connectivity index (χ0n) is 11.3. The smallest absolute Gasteiger partial charge is 0.331 e. The maximum absolute atomic E-state index is 11.6. The summed E-state index contributed by atoms with van der Waals surface area (Å²) in [5, 5.41) is 8.48. The molecule has 0 amide bonds. The van der Waals surface area contributed by atoms with Crippen molar-refractivity contribution in [1.29, 1.82) is 0 Å². The Kier molecular flexibility index (Phi) is 4.93. The molecule has 4 heteroatoms. The van der Waals surface area contributed by atoms with Crippen molar-refractivity contribution in [3.05, 3.63) is 12.2 Å². The molecule has 1 saturated carbocycles. The van der Waals surface area contributed by atoms with Crippen LogP contribution in [-0.4, -0.2) is 22.6 Å². The van der Waals surface area contributed by atoms with Crippen molar-refractivity contribution < 1.29 is 19.4 Å². The molecule has 0 spiro atoms. The molecule has 1 aliphatic carbocycles. The van der Waals surface area contributed by atoms with Crippen LogP contribution in [0.3, 0.4) is 0 Å². The average Bonchev–Trinajstić information content (AvgIpc) is 2.29. The van der Waals surface area contributed by atoms with Crippen molar-refractivity contribution in [2.75, 3.05) is 0 Å². The highest BCUT2D eigenvalue weighted by atomic mass is 16.6. The second-order valence-corrected chi connectivity index (χ2v) is 5.49. The summed E-state index contributed by atoms with van der Waals surface area (Å²) in [6.45, 7) is 6.30. The molecule has 0 heterocycles. The first kappa shape index (κ1) is 14.7. The Hall–Kier alpha value is -1.32. The van der Waals surface area contributed by atoms with E-state index in [1.807, 2.05) is 13.8 Å². The Balaban J connectivity index is 2.69. The molecular weight excluding hydrogens is 232 g/mol. The third-order valence-corrected chi connectivity index (χ3v) is 3.84. The van der Waals surface area contributed by atoms with Gasteiger partial charge in [0.15, 0.2) is 0 Å². The Bertz CT molecular complexity index is 336. The predicted octanol–water partition coefficient (Wildman–Crippen LogP) is 2.78. The molecule has 0 unspecified atom stereocenters. The second-order valence-electron chi connectivity index (χ2n) is 5.49. The van der Waals surface area contributed by atoms with Crippen molar-refractivity contribution in [2.24, 2.45) is 11.8 Å². The molecule has 1 N–H and O–H groups in total. The lowest BCUT2D eigenvalue weighted by atomic mass is 9.73. The first-order valence-corrected chi connectivity index (χ1v) is 6.50. The third kappa shape index (κ3) is 3.86. The second kappa shape index (κ2) is 6.03. The summed E-state index contributed by atoms with van der Waals surface area (Å²) in [6.07, 6.45) is 5.63. The van der Waals surface area contributed by atoms with Gasteiger partial charge in [0.25, 0.3) is 0 Å². The number of esters is 1. The minimum absolute atomic E-state index is 0.243. The van der Waals surface area contributed by atoms with Gasteiger partial charge in [-0.2, -0.15) is 0 Å². The van der Waals surface area contributed by atoms with E-state index in [2.05, 4.69) is 6.92 Å². The van der Waals surface area contributed by atoms with Crippen LogP contribution >= 0.6 is 0 Å². The van der Waals surface area contributed by atoms with Crippen molar-refractivity contribution in [2.45, 2.75) is 52.1 Å². The van der Waals surface area contributed by atoms with E-state index >= 15 is 0 Å². The topological polar surface area (TPSA) is 63.6 Å². The minimum Gasteiger partial charge on any atom is -0.478 e. The van der Waals surface area contributed by atoms with Crippen LogP contribution in [0, 0.1) is 11.8 Å². The lowest BCUT2D eigenvalue weighted by Gasteiger charge is -2.41. The van der Waals surface area contributed by atoms with Crippen LogP contribution in [0.4, 0.5) is 0 Å². The van der Waals surface area contributed by atoms with Gasteiger partial charge in [0, 0.05) is 12.2 Å². The van der Waals surface area contributed by atoms with Gasteiger partial charge >= 0.3 is 11.9 Å². The van der Waals surface area contributed by atoms with Crippen LogP contribution in [-0.2, 0) is 14.3 Å². The Morgan fingerprint density at radius 1 is 1.28 bits per heavy atom. The van der Waals surface area contributed by atoms with Gasteiger partial charge in [-0.25, -0.2) is 9.59 Å². The highest BCUT2D eigenvalue weighted by Crippen LogP contribution is 2.40. The number of aliphatic carboxylic acids is 1. The van der Waals surface area contributed by atoms with Crippen molar-refractivity contribution in [3.63, 3.8) is 0 Å².